The largest absolute Gasteiger partial charge is 0.373 e. The van der Waals surface area contributed by atoms with Gasteiger partial charge >= 0.3 is 0 Å². The maximum atomic E-state index is 4.46. The van der Waals surface area contributed by atoms with Crippen LogP contribution in [0.1, 0.15) is 38.2 Å². The molecule has 1 aromatic rings. The molecule has 0 radical (unpaired) electrons. The third-order valence-electron chi connectivity index (χ3n) is 4.16. The minimum atomic E-state index is 0.625. The van der Waals surface area contributed by atoms with Gasteiger partial charge in [-0.1, -0.05) is 6.92 Å². The molecule has 1 heterocycles. The van der Waals surface area contributed by atoms with Crippen LogP contribution in [0.25, 0.3) is 0 Å². The predicted molar refractivity (Wildman–Crippen MR) is 76.1 cm³/mol. The molecule has 0 amide bonds. The number of nitrogens with zero attached hydrogens (tertiary/aromatic N) is 3. The Labute approximate surface area is 110 Å². The van der Waals surface area contributed by atoms with Crippen LogP contribution < -0.4 is 10.2 Å². The van der Waals surface area contributed by atoms with Crippen molar-refractivity contribution in [2.24, 2.45) is 5.92 Å². The Morgan fingerprint density at radius 3 is 2.50 bits per heavy atom. The summed E-state index contributed by atoms with van der Waals surface area (Å²) in [4.78, 5) is 11.0. The van der Waals surface area contributed by atoms with Crippen molar-refractivity contribution in [1.82, 2.24) is 9.97 Å². The maximum Gasteiger partial charge on any atom is 0.137 e. The molecule has 0 saturated heterocycles. The SMILES string of the molecule is CNc1ncnc(N(C)C2CCC(C)CC2)c1C. The molecule has 0 spiro atoms. The lowest BCUT2D eigenvalue weighted by Crippen LogP contribution is -2.36. The quantitative estimate of drug-likeness (QED) is 0.893. The smallest absolute Gasteiger partial charge is 0.137 e. The fraction of sp³-hybridized carbons (Fsp3) is 0.714. The van der Waals surface area contributed by atoms with Gasteiger partial charge in [-0.25, -0.2) is 9.97 Å². The van der Waals surface area contributed by atoms with E-state index in [2.05, 4.69) is 41.1 Å². The monoisotopic (exact) mass is 248 g/mol. The lowest BCUT2D eigenvalue weighted by Gasteiger charge is -2.35. The van der Waals surface area contributed by atoms with E-state index in [0.29, 0.717) is 6.04 Å². The van der Waals surface area contributed by atoms with E-state index in [-0.39, 0.29) is 0 Å². The van der Waals surface area contributed by atoms with E-state index in [4.69, 9.17) is 0 Å². The van der Waals surface area contributed by atoms with Gasteiger partial charge < -0.3 is 10.2 Å². The van der Waals surface area contributed by atoms with E-state index in [1.807, 2.05) is 7.05 Å². The van der Waals surface area contributed by atoms with Crippen molar-refractivity contribution in [2.45, 2.75) is 45.6 Å². The van der Waals surface area contributed by atoms with Gasteiger partial charge in [-0.3, -0.25) is 0 Å². The third kappa shape index (κ3) is 2.57. The topological polar surface area (TPSA) is 41.1 Å². The fourth-order valence-corrected chi connectivity index (χ4v) is 2.85. The highest BCUT2D eigenvalue weighted by Gasteiger charge is 2.23. The molecular formula is C14H24N4. The molecule has 100 valence electrons. The second-order valence-electron chi connectivity index (χ2n) is 5.45. The van der Waals surface area contributed by atoms with Crippen LogP contribution in [0.2, 0.25) is 0 Å². The highest BCUT2D eigenvalue weighted by molar-refractivity contribution is 5.57. The second kappa shape index (κ2) is 5.55. The number of hydrogen-bond acceptors (Lipinski definition) is 4. The van der Waals surface area contributed by atoms with Gasteiger partial charge in [0.25, 0.3) is 0 Å². The van der Waals surface area contributed by atoms with Crippen molar-refractivity contribution in [3.05, 3.63) is 11.9 Å². The Hall–Kier alpha value is -1.32. The van der Waals surface area contributed by atoms with Gasteiger partial charge in [0.1, 0.15) is 18.0 Å². The lowest BCUT2D eigenvalue weighted by atomic mass is 9.86. The van der Waals surface area contributed by atoms with Crippen LogP contribution >= 0.6 is 0 Å². The van der Waals surface area contributed by atoms with E-state index >= 15 is 0 Å². The Balaban J connectivity index is 2.15. The highest BCUT2D eigenvalue weighted by atomic mass is 15.2. The fourth-order valence-electron chi connectivity index (χ4n) is 2.85. The van der Waals surface area contributed by atoms with Crippen LogP contribution in [-0.2, 0) is 0 Å². The summed E-state index contributed by atoms with van der Waals surface area (Å²) in [6.45, 7) is 4.44. The van der Waals surface area contributed by atoms with Crippen LogP contribution in [0.3, 0.4) is 0 Å². The summed E-state index contributed by atoms with van der Waals surface area (Å²) in [5, 5.41) is 3.12. The molecule has 0 aromatic carbocycles. The number of nitrogens with one attached hydrogen (secondary N) is 1. The molecule has 1 N–H and O–H groups in total. The average molecular weight is 248 g/mol. The molecule has 0 bridgehead atoms. The summed E-state index contributed by atoms with van der Waals surface area (Å²) in [7, 11) is 4.07. The zero-order valence-corrected chi connectivity index (χ0v) is 11.9. The zero-order valence-electron chi connectivity index (χ0n) is 11.9. The first-order valence-corrected chi connectivity index (χ1v) is 6.85. The number of aromatic nitrogens is 2. The van der Waals surface area contributed by atoms with Crippen molar-refractivity contribution in [3.8, 4) is 0 Å². The molecule has 0 unspecified atom stereocenters. The molecule has 1 aliphatic rings. The molecule has 2 rings (SSSR count). The van der Waals surface area contributed by atoms with E-state index in [0.717, 1.165) is 23.1 Å². The van der Waals surface area contributed by atoms with E-state index < -0.39 is 0 Å². The van der Waals surface area contributed by atoms with Crippen molar-refractivity contribution in [3.63, 3.8) is 0 Å². The molecule has 1 aromatic heterocycles. The molecule has 4 heteroatoms. The summed E-state index contributed by atoms with van der Waals surface area (Å²) in [5.41, 5.74) is 1.14. The Bertz CT molecular complexity index is 397. The zero-order chi connectivity index (χ0) is 13.1. The minimum absolute atomic E-state index is 0.625. The summed E-state index contributed by atoms with van der Waals surface area (Å²) < 4.78 is 0. The maximum absolute atomic E-state index is 4.46. The van der Waals surface area contributed by atoms with Gasteiger partial charge in [0.15, 0.2) is 0 Å². The number of hydrogen-bond donors (Lipinski definition) is 1. The third-order valence-corrected chi connectivity index (χ3v) is 4.16. The van der Waals surface area contributed by atoms with E-state index in [1.54, 1.807) is 6.33 Å². The molecule has 4 nitrogen and oxygen atoms in total. The van der Waals surface area contributed by atoms with E-state index in [9.17, 15) is 0 Å². The summed E-state index contributed by atoms with van der Waals surface area (Å²) >= 11 is 0. The molecule has 18 heavy (non-hydrogen) atoms. The predicted octanol–water partition coefficient (Wildman–Crippen LogP) is 2.84. The van der Waals surface area contributed by atoms with Crippen molar-refractivity contribution in [1.29, 1.82) is 0 Å². The van der Waals surface area contributed by atoms with Crippen LogP contribution in [0, 0.1) is 12.8 Å². The molecule has 0 aliphatic heterocycles. The van der Waals surface area contributed by atoms with Gasteiger partial charge in [0, 0.05) is 25.7 Å². The minimum Gasteiger partial charge on any atom is -0.373 e. The van der Waals surface area contributed by atoms with Crippen molar-refractivity contribution in [2.75, 3.05) is 24.3 Å². The molecule has 1 saturated carbocycles. The summed E-state index contributed by atoms with van der Waals surface area (Å²) in [6.07, 6.45) is 6.86. The van der Waals surface area contributed by atoms with Crippen LogP contribution in [0.15, 0.2) is 6.33 Å². The lowest BCUT2D eigenvalue weighted by molar-refractivity contribution is 0.339. The van der Waals surface area contributed by atoms with Gasteiger partial charge in [-0.05, 0) is 38.5 Å². The van der Waals surface area contributed by atoms with E-state index in [1.165, 1.54) is 25.7 Å². The number of rotatable bonds is 3. The average Bonchev–Trinajstić information content (AvgIpc) is 2.39. The first-order valence-electron chi connectivity index (χ1n) is 6.85. The van der Waals surface area contributed by atoms with Crippen LogP contribution in [0.4, 0.5) is 11.6 Å². The van der Waals surface area contributed by atoms with Crippen LogP contribution in [0.5, 0.6) is 0 Å². The van der Waals surface area contributed by atoms with Gasteiger partial charge in [0.2, 0.25) is 0 Å². The Kier molecular flexibility index (Phi) is 4.04. The normalized spacial score (nSPS) is 23.8. The summed E-state index contributed by atoms with van der Waals surface area (Å²) in [6, 6.07) is 0.625. The summed E-state index contributed by atoms with van der Waals surface area (Å²) in [5.74, 6) is 2.87. The molecule has 0 atom stereocenters. The molecular weight excluding hydrogens is 224 g/mol. The first-order chi connectivity index (χ1) is 8.63. The first kappa shape index (κ1) is 13.1. The van der Waals surface area contributed by atoms with Gasteiger partial charge in [0.05, 0.1) is 0 Å². The standard InChI is InChI=1S/C14H24N4/c1-10-5-7-12(8-6-10)18(4)14-11(2)13(15-3)16-9-17-14/h9-10,12H,5-8H2,1-4H3,(H,15,16,17). The van der Waals surface area contributed by atoms with Crippen molar-refractivity contribution >= 4 is 11.6 Å². The molecule has 1 fully saturated rings. The molecule has 1 aliphatic carbocycles. The van der Waals surface area contributed by atoms with Crippen LogP contribution in [-0.4, -0.2) is 30.1 Å². The van der Waals surface area contributed by atoms with Gasteiger partial charge in [-0.2, -0.15) is 0 Å². The van der Waals surface area contributed by atoms with Gasteiger partial charge in [-0.15, -0.1) is 0 Å². The Morgan fingerprint density at radius 2 is 1.89 bits per heavy atom. The Morgan fingerprint density at radius 1 is 1.22 bits per heavy atom. The second-order valence-corrected chi connectivity index (χ2v) is 5.45. The number of anilines is 2. The van der Waals surface area contributed by atoms with Crippen molar-refractivity contribution < 1.29 is 0 Å². The highest BCUT2D eigenvalue weighted by Crippen LogP contribution is 2.30.